The highest BCUT2D eigenvalue weighted by atomic mass is 16.5. The molecule has 90 valence electrons. The second-order valence-electron chi connectivity index (χ2n) is 4.09. The van der Waals surface area contributed by atoms with E-state index >= 15 is 0 Å². The molecule has 0 saturated heterocycles. The summed E-state index contributed by atoms with van der Waals surface area (Å²) in [7, 11) is 0. The number of anilines is 1. The lowest BCUT2D eigenvalue weighted by atomic mass is 10.2. The number of hydrogen-bond acceptors (Lipinski definition) is 4. The first-order valence-corrected chi connectivity index (χ1v) is 5.98. The molecule has 2 aromatic rings. The number of benzene rings is 1. The van der Waals surface area contributed by atoms with Crippen molar-refractivity contribution in [3.05, 3.63) is 30.2 Å². The molecule has 0 amide bonds. The lowest BCUT2D eigenvalue weighted by molar-refractivity contribution is 0.374. The number of rotatable bonds is 5. The molecule has 17 heavy (non-hydrogen) atoms. The van der Waals surface area contributed by atoms with Crippen LogP contribution in [0.15, 0.2) is 28.8 Å². The molecule has 0 spiro atoms. The minimum atomic E-state index is 0.636. The Hall–Kier alpha value is -1.84. The fourth-order valence-corrected chi connectivity index (χ4v) is 1.63. The average molecular weight is 231 g/mol. The van der Waals surface area contributed by atoms with Crippen LogP contribution in [-0.2, 0) is 6.42 Å². The number of nitrogens with two attached hydrogens (primary N) is 1. The van der Waals surface area contributed by atoms with E-state index in [1.165, 1.54) is 12.8 Å². The molecule has 0 unspecified atom stereocenters. The topological polar surface area (TPSA) is 64.9 Å². The standard InChI is InChI=1S/C13H17N3O/c1-2-3-4-5-12-15-13(16-17-12)10-6-8-11(14)9-7-10/h6-9H,2-5,14H2,1H3. The van der Waals surface area contributed by atoms with Crippen molar-refractivity contribution in [2.75, 3.05) is 5.73 Å². The van der Waals surface area contributed by atoms with Crippen LogP contribution in [0.1, 0.15) is 32.1 Å². The molecule has 1 aromatic heterocycles. The SMILES string of the molecule is CCCCCc1nc(-c2ccc(N)cc2)no1. The summed E-state index contributed by atoms with van der Waals surface area (Å²) < 4.78 is 5.20. The molecule has 0 atom stereocenters. The molecule has 2 N–H and O–H groups in total. The maximum absolute atomic E-state index is 5.63. The van der Waals surface area contributed by atoms with E-state index < -0.39 is 0 Å². The highest BCUT2D eigenvalue weighted by Gasteiger charge is 2.07. The number of nitrogens with zero attached hydrogens (tertiary/aromatic N) is 2. The van der Waals surface area contributed by atoms with Gasteiger partial charge in [0.05, 0.1) is 0 Å². The first-order valence-electron chi connectivity index (χ1n) is 5.98. The predicted molar refractivity (Wildman–Crippen MR) is 67.4 cm³/mol. The summed E-state index contributed by atoms with van der Waals surface area (Å²) in [6, 6.07) is 7.47. The molecule has 0 aliphatic rings. The Morgan fingerprint density at radius 3 is 2.65 bits per heavy atom. The summed E-state index contributed by atoms with van der Waals surface area (Å²) in [4.78, 5) is 4.36. The highest BCUT2D eigenvalue weighted by molar-refractivity contribution is 5.57. The Kier molecular flexibility index (Phi) is 3.75. The van der Waals surface area contributed by atoms with Crippen LogP contribution < -0.4 is 5.73 Å². The molecular formula is C13H17N3O. The normalized spacial score (nSPS) is 10.6. The zero-order valence-corrected chi connectivity index (χ0v) is 10.0. The van der Waals surface area contributed by atoms with Gasteiger partial charge in [-0.25, -0.2) is 0 Å². The van der Waals surface area contributed by atoms with Crippen molar-refractivity contribution < 1.29 is 4.52 Å². The maximum Gasteiger partial charge on any atom is 0.226 e. The van der Waals surface area contributed by atoms with E-state index in [1.54, 1.807) is 0 Å². The van der Waals surface area contributed by atoms with E-state index in [2.05, 4.69) is 17.1 Å². The maximum atomic E-state index is 5.63. The minimum Gasteiger partial charge on any atom is -0.399 e. The van der Waals surface area contributed by atoms with Gasteiger partial charge in [-0.1, -0.05) is 24.9 Å². The zero-order chi connectivity index (χ0) is 12.1. The smallest absolute Gasteiger partial charge is 0.226 e. The first-order chi connectivity index (χ1) is 8.29. The Bertz CT molecular complexity index is 462. The van der Waals surface area contributed by atoms with Crippen molar-refractivity contribution in [2.24, 2.45) is 0 Å². The van der Waals surface area contributed by atoms with Crippen LogP contribution in [0, 0.1) is 0 Å². The van der Waals surface area contributed by atoms with Gasteiger partial charge in [-0.3, -0.25) is 0 Å². The first kappa shape index (κ1) is 11.6. The van der Waals surface area contributed by atoms with Crippen LogP contribution in [0.5, 0.6) is 0 Å². The zero-order valence-electron chi connectivity index (χ0n) is 10.0. The van der Waals surface area contributed by atoms with Crippen LogP contribution in [0.25, 0.3) is 11.4 Å². The lowest BCUT2D eigenvalue weighted by Crippen LogP contribution is -1.87. The van der Waals surface area contributed by atoms with Gasteiger partial charge in [-0.05, 0) is 30.7 Å². The lowest BCUT2D eigenvalue weighted by Gasteiger charge is -1.94. The van der Waals surface area contributed by atoms with Gasteiger partial charge >= 0.3 is 0 Å². The summed E-state index contributed by atoms with van der Waals surface area (Å²) in [5, 5.41) is 3.97. The molecule has 0 aliphatic heterocycles. The third-order valence-corrected chi connectivity index (χ3v) is 2.63. The van der Waals surface area contributed by atoms with E-state index in [1.807, 2.05) is 24.3 Å². The van der Waals surface area contributed by atoms with Gasteiger partial charge in [0.25, 0.3) is 0 Å². The highest BCUT2D eigenvalue weighted by Crippen LogP contribution is 2.17. The molecular weight excluding hydrogens is 214 g/mol. The van der Waals surface area contributed by atoms with Gasteiger partial charge in [0, 0.05) is 17.7 Å². The van der Waals surface area contributed by atoms with Crippen molar-refractivity contribution >= 4 is 5.69 Å². The molecule has 0 radical (unpaired) electrons. The molecule has 1 heterocycles. The van der Waals surface area contributed by atoms with Gasteiger partial charge in [-0.2, -0.15) is 4.98 Å². The molecule has 0 bridgehead atoms. The molecule has 4 heteroatoms. The Morgan fingerprint density at radius 1 is 1.18 bits per heavy atom. The van der Waals surface area contributed by atoms with E-state index in [0.29, 0.717) is 11.7 Å². The summed E-state index contributed by atoms with van der Waals surface area (Å²) in [6.45, 7) is 2.17. The number of hydrogen-bond donors (Lipinski definition) is 1. The molecule has 2 rings (SSSR count). The van der Waals surface area contributed by atoms with Gasteiger partial charge in [0.15, 0.2) is 0 Å². The number of aryl methyl sites for hydroxylation is 1. The Labute approximate surface area is 101 Å². The summed E-state index contributed by atoms with van der Waals surface area (Å²) in [5.74, 6) is 1.35. The molecule has 0 saturated carbocycles. The van der Waals surface area contributed by atoms with Crippen LogP contribution >= 0.6 is 0 Å². The fourth-order valence-electron chi connectivity index (χ4n) is 1.63. The van der Waals surface area contributed by atoms with Crippen LogP contribution in [0.2, 0.25) is 0 Å². The third kappa shape index (κ3) is 3.06. The van der Waals surface area contributed by atoms with Crippen LogP contribution in [0.3, 0.4) is 0 Å². The van der Waals surface area contributed by atoms with Crippen LogP contribution in [-0.4, -0.2) is 10.1 Å². The summed E-state index contributed by atoms with van der Waals surface area (Å²) in [5.41, 5.74) is 7.30. The predicted octanol–water partition coefficient (Wildman–Crippen LogP) is 3.05. The Morgan fingerprint density at radius 2 is 1.94 bits per heavy atom. The van der Waals surface area contributed by atoms with Crippen molar-refractivity contribution in [3.8, 4) is 11.4 Å². The van der Waals surface area contributed by atoms with E-state index in [4.69, 9.17) is 10.3 Å². The quantitative estimate of drug-likeness (QED) is 0.634. The minimum absolute atomic E-state index is 0.636. The van der Waals surface area contributed by atoms with Gasteiger partial charge in [0.2, 0.25) is 11.7 Å². The fraction of sp³-hybridized carbons (Fsp3) is 0.385. The van der Waals surface area contributed by atoms with Crippen molar-refractivity contribution in [2.45, 2.75) is 32.6 Å². The molecule has 4 nitrogen and oxygen atoms in total. The molecule has 0 aliphatic carbocycles. The van der Waals surface area contributed by atoms with Crippen molar-refractivity contribution in [3.63, 3.8) is 0 Å². The number of unbranched alkanes of at least 4 members (excludes halogenated alkanes) is 2. The van der Waals surface area contributed by atoms with E-state index in [0.717, 1.165) is 24.1 Å². The average Bonchev–Trinajstić information content (AvgIpc) is 2.79. The molecule has 1 aromatic carbocycles. The summed E-state index contributed by atoms with van der Waals surface area (Å²) >= 11 is 0. The van der Waals surface area contributed by atoms with Gasteiger partial charge in [0.1, 0.15) is 0 Å². The second-order valence-corrected chi connectivity index (χ2v) is 4.09. The monoisotopic (exact) mass is 231 g/mol. The van der Waals surface area contributed by atoms with E-state index in [9.17, 15) is 0 Å². The third-order valence-electron chi connectivity index (χ3n) is 2.63. The summed E-state index contributed by atoms with van der Waals surface area (Å²) in [6.07, 6.45) is 4.34. The van der Waals surface area contributed by atoms with Gasteiger partial charge in [-0.15, -0.1) is 0 Å². The Balaban J connectivity index is 2.04. The van der Waals surface area contributed by atoms with Gasteiger partial charge < -0.3 is 10.3 Å². The second kappa shape index (κ2) is 5.48. The van der Waals surface area contributed by atoms with Crippen molar-refractivity contribution in [1.82, 2.24) is 10.1 Å². The molecule has 0 fully saturated rings. The number of nitrogen functional groups attached to an aromatic ring is 1. The van der Waals surface area contributed by atoms with Crippen molar-refractivity contribution in [1.29, 1.82) is 0 Å². The van der Waals surface area contributed by atoms with E-state index in [-0.39, 0.29) is 0 Å². The number of aromatic nitrogens is 2. The van der Waals surface area contributed by atoms with Crippen LogP contribution in [0.4, 0.5) is 5.69 Å². The largest absolute Gasteiger partial charge is 0.399 e.